The lowest BCUT2D eigenvalue weighted by Gasteiger charge is -2.35. The number of ether oxygens (including phenoxy) is 4. The molecule has 8 nitrogen and oxygen atoms in total. The Hall–Kier alpha value is -3.39. The summed E-state index contributed by atoms with van der Waals surface area (Å²) in [7, 11) is 4.90. The summed E-state index contributed by atoms with van der Waals surface area (Å²) in [6, 6.07) is 11.8. The molecule has 0 atom stereocenters. The minimum atomic E-state index is -0.175. The van der Waals surface area contributed by atoms with Crippen LogP contribution >= 0.6 is 0 Å². The van der Waals surface area contributed by atoms with Crippen molar-refractivity contribution in [2.75, 3.05) is 59.0 Å². The van der Waals surface area contributed by atoms with Crippen LogP contribution in [-0.2, 0) is 4.79 Å². The molecule has 1 aliphatic heterocycles. The Balaban J connectivity index is 1.46. The van der Waals surface area contributed by atoms with Crippen LogP contribution < -0.4 is 29.3 Å². The third-order valence-corrected chi connectivity index (χ3v) is 7.14. The summed E-state index contributed by atoms with van der Waals surface area (Å²) in [5.41, 5.74) is 4.93. The van der Waals surface area contributed by atoms with E-state index in [1.54, 1.807) is 27.4 Å². The molecule has 0 saturated carbocycles. The summed E-state index contributed by atoms with van der Waals surface area (Å²) in [6.45, 7) is 5.98. The molecule has 3 rings (SSSR count). The highest BCUT2D eigenvalue weighted by molar-refractivity contribution is 5.91. The molecule has 1 amide bonds. The molecule has 1 heterocycles. The first-order chi connectivity index (χ1) is 19.6. The highest BCUT2D eigenvalue weighted by Crippen LogP contribution is 2.39. The zero-order valence-electron chi connectivity index (χ0n) is 24.7. The molecular formula is C32H47N3O5. The van der Waals surface area contributed by atoms with Gasteiger partial charge < -0.3 is 23.8 Å². The standard InChI is InChI=1S/C32H47N3O5/c1-5-6-7-8-9-10-11-12-23-40-32-29(38-3)24-26(25-30(32)39-4)13-18-31(36)33-35-21-19-34(20-22-35)27-14-16-28(37-2)17-15-27/h13-18,24-25H,5-12,19-23H2,1-4H3,(H,33,36)/b18-13+. The molecule has 40 heavy (non-hydrogen) atoms. The van der Waals surface area contributed by atoms with Gasteiger partial charge in [-0.2, -0.15) is 0 Å². The van der Waals surface area contributed by atoms with Crippen LogP contribution in [0.1, 0.15) is 63.9 Å². The fourth-order valence-electron chi connectivity index (χ4n) is 4.78. The molecule has 1 fully saturated rings. The van der Waals surface area contributed by atoms with Gasteiger partial charge >= 0.3 is 0 Å². The van der Waals surface area contributed by atoms with Crippen LogP contribution in [0.5, 0.6) is 23.0 Å². The molecule has 1 N–H and O–H groups in total. The number of amides is 1. The first-order valence-electron chi connectivity index (χ1n) is 14.6. The van der Waals surface area contributed by atoms with Crippen LogP contribution in [0.2, 0.25) is 0 Å². The molecule has 0 aromatic heterocycles. The van der Waals surface area contributed by atoms with Gasteiger partial charge in [-0.25, -0.2) is 5.01 Å². The van der Waals surface area contributed by atoms with Gasteiger partial charge in [0.15, 0.2) is 11.5 Å². The number of hydrazine groups is 1. The maximum absolute atomic E-state index is 12.6. The van der Waals surface area contributed by atoms with Crippen molar-refractivity contribution in [2.24, 2.45) is 0 Å². The van der Waals surface area contributed by atoms with Crippen LogP contribution in [0.25, 0.3) is 6.08 Å². The second-order valence-corrected chi connectivity index (χ2v) is 10.1. The fourth-order valence-corrected chi connectivity index (χ4v) is 4.78. The van der Waals surface area contributed by atoms with Gasteiger partial charge in [0.05, 0.1) is 27.9 Å². The third kappa shape index (κ3) is 9.97. The first-order valence-corrected chi connectivity index (χ1v) is 14.6. The Morgan fingerprint density at radius 2 is 1.43 bits per heavy atom. The normalized spacial score (nSPS) is 13.8. The Labute approximate surface area is 240 Å². The minimum absolute atomic E-state index is 0.175. The lowest BCUT2D eigenvalue weighted by Crippen LogP contribution is -2.53. The van der Waals surface area contributed by atoms with Crippen LogP contribution in [0.15, 0.2) is 42.5 Å². The largest absolute Gasteiger partial charge is 0.497 e. The number of benzene rings is 2. The number of hydrogen-bond acceptors (Lipinski definition) is 7. The van der Waals surface area contributed by atoms with E-state index < -0.39 is 0 Å². The van der Waals surface area contributed by atoms with E-state index in [4.69, 9.17) is 18.9 Å². The predicted molar refractivity (Wildman–Crippen MR) is 162 cm³/mol. The molecule has 220 valence electrons. The number of hydrogen-bond donors (Lipinski definition) is 1. The molecule has 0 radical (unpaired) electrons. The molecule has 8 heteroatoms. The second-order valence-electron chi connectivity index (χ2n) is 10.1. The van der Waals surface area contributed by atoms with E-state index >= 15 is 0 Å². The van der Waals surface area contributed by atoms with Crippen molar-refractivity contribution in [3.05, 3.63) is 48.0 Å². The Bertz CT molecular complexity index is 1020. The van der Waals surface area contributed by atoms with Gasteiger partial charge in [0.1, 0.15) is 5.75 Å². The van der Waals surface area contributed by atoms with Gasteiger partial charge in [-0.15, -0.1) is 0 Å². The molecule has 1 aliphatic rings. The number of carbonyl (C=O) groups excluding carboxylic acids is 1. The van der Waals surface area contributed by atoms with E-state index in [1.807, 2.05) is 29.3 Å². The Morgan fingerprint density at radius 1 is 0.825 bits per heavy atom. The van der Waals surface area contributed by atoms with Crippen LogP contribution in [0.3, 0.4) is 0 Å². The van der Waals surface area contributed by atoms with E-state index in [1.165, 1.54) is 44.6 Å². The van der Waals surface area contributed by atoms with Gasteiger partial charge in [-0.3, -0.25) is 10.2 Å². The zero-order chi connectivity index (χ0) is 28.6. The highest BCUT2D eigenvalue weighted by atomic mass is 16.5. The van der Waals surface area contributed by atoms with Crippen molar-refractivity contribution >= 4 is 17.7 Å². The van der Waals surface area contributed by atoms with Crippen molar-refractivity contribution in [2.45, 2.75) is 58.3 Å². The lowest BCUT2D eigenvalue weighted by molar-refractivity contribution is -0.121. The number of anilines is 1. The Morgan fingerprint density at radius 3 is 2.00 bits per heavy atom. The molecule has 1 saturated heterocycles. The molecule has 0 aliphatic carbocycles. The number of nitrogens with zero attached hydrogens (tertiary/aromatic N) is 2. The summed E-state index contributed by atoms with van der Waals surface area (Å²) in [5, 5.41) is 1.95. The predicted octanol–water partition coefficient (Wildman–Crippen LogP) is 6.10. The lowest BCUT2D eigenvalue weighted by atomic mass is 10.1. The minimum Gasteiger partial charge on any atom is -0.497 e. The van der Waals surface area contributed by atoms with Gasteiger partial charge in [0, 0.05) is 37.9 Å². The third-order valence-electron chi connectivity index (χ3n) is 7.14. The quantitative estimate of drug-likeness (QED) is 0.187. The van der Waals surface area contributed by atoms with E-state index in [9.17, 15) is 4.79 Å². The van der Waals surface area contributed by atoms with E-state index in [0.29, 0.717) is 23.9 Å². The van der Waals surface area contributed by atoms with Crippen LogP contribution in [0, 0.1) is 0 Å². The number of carbonyl (C=O) groups is 1. The second kappa shape index (κ2) is 17.3. The van der Waals surface area contributed by atoms with Crippen LogP contribution in [-0.4, -0.2) is 65.0 Å². The molecule has 0 bridgehead atoms. The van der Waals surface area contributed by atoms with Crippen LogP contribution in [0.4, 0.5) is 5.69 Å². The summed E-state index contributed by atoms with van der Waals surface area (Å²) in [6.07, 6.45) is 13.3. The average Bonchev–Trinajstić information content (AvgIpc) is 2.99. The van der Waals surface area contributed by atoms with Crippen molar-refractivity contribution in [3.8, 4) is 23.0 Å². The van der Waals surface area contributed by atoms with Crippen molar-refractivity contribution < 1.29 is 23.7 Å². The first kappa shape index (κ1) is 31.1. The zero-order valence-corrected chi connectivity index (χ0v) is 24.7. The maximum Gasteiger partial charge on any atom is 0.258 e. The number of unbranched alkanes of at least 4 members (excludes halogenated alkanes) is 7. The van der Waals surface area contributed by atoms with E-state index in [0.717, 1.165) is 56.0 Å². The topological polar surface area (TPSA) is 72.5 Å². The number of rotatable bonds is 17. The summed E-state index contributed by atoms with van der Waals surface area (Å²) < 4.78 is 22.5. The summed E-state index contributed by atoms with van der Waals surface area (Å²) >= 11 is 0. The van der Waals surface area contributed by atoms with Crippen molar-refractivity contribution in [3.63, 3.8) is 0 Å². The van der Waals surface area contributed by atoms with E-state index in [-0.39, 0.29) is 5.91 Å². The molecule has 0 spiro atoms. The SMILES string of the molecule is CCCCCCCCCCOc1c(OC)cc(/C=C/C(=O)NN2CCN(c3ccc(OC)cc3)CC2)cc1OC. The van der Waals surface area contributed by atoms with Gasteiger partial charge in [-0.05, 0) is 54.5 Å². The molecule has 2 aromatic carbocycles. The number of methoxy groups -OCH3 is 3. The highest BCUT2D eigenvalue weighted by Gasteiger charge is 2.18. The molecule has 0 unspecified atom stereocenters. The van der Waals surface area contributed by atoms with E-state index in [2.05, 4.69) is 29.4 Å². The Kier molecular flexibility index (Phi) is 13.5. The van der Waals surface area contributed by atoms with Crippen molar-refractivity contribution in [1.29, 1.82) is 0 Å². The fraction of sp³-hybridized carbons (Fsp3) is 0.531. The summed E-state index contributed by atoms with van der Waals surface area (Å²) in [5.74, 6) is 2.45. The molecular weight excluding hydrogens is 506 g/mol. The van der Waals surface area contributed by atoms with Gasteiger partial charge in [0.2, 0.25) is 5.75 Å². The van der Waals surface area contributed by atoms with Crippen molar-refractivity contribution in [1.82, 2.24) is 10.4 Å². The number of piperazine rings is 1. The van der Waals surface area contributed by atoms with Gasteiger partial charge in [0.25, 0.3) is 5.91 Å². The average molecular weight is 554 g/mol. The smallest absolute Gasteiger partial charge is 0.258 e. The molecule has 2 aromatic rings. The monoisotopic (exact) mass is 553 g/mol. The number of nitrogens with one attached hydrogen (secondary N) is 1. The maximum atomic E-state index is 12.6. The summed E-state index contributed by atoms with van der Waals surface area (Å²) in [4.78, 5) is 14.9. The van der Waals surface area contributed by atoms with Gasteiger partial charge in [-0.1, -0.05) is 51.9 Å².